The van der Waals surface area contributed by atoms with E-state index in [0.29, 0.717) is 6.04 Å². The van der Waals surface area contributed by atoms with Crippen molar-refractivity contribution in [3.8, 4) is 0 Å². The predicted octanol–water partition coefficient (Wildman–Crippen LogP) is 2.99. The Morgan fingerprint density at radius 2 is 2.40 bits per heavy atom. The van der Waals surface area contributed by atoms with Crippen molar-refractivity contribution in [3.63, 3.8) is 0 Å². The summed E-state index contributed by atoms with van der Waals surface area (Å²) in [6, 6.07) is 2.71. The molecule has 0 radical (unpaired) electrons. The molecule has 1 aromatic heterocycles. The molecule has 2 rings (SSSR count). The summed E-state index contributed by atoms with van der Waals surface area (Å²) in [7, 11) is 0. The Labute approximate surface area is 92.1 Å². The highest BCUT2D eigenvalue weighted by molar-refractivity contribution is 5.07. The van der Waals surface area contributed by atoms with Crippen molar-refractivity contribution >= 4 is 0 Å². The zero-order chi connectivity index (χ0) is 10.5. The van der Waals surface area contributed by atoms with Gasteiger partial charge in [0, 0.05) is 6.04 Å². The van der Waals surface area contributed by atoms with Crippen molar-refractivity contribution in [1.29, 1.82) is 0 Å². The molecule has 2 nitrogen and oxygen atoms in total. The van der Waals surface area contributed by atoms with Gasteiger partial charge in [0.05, 0.1) is 12.5 Å². The second-order valence-corrected chi connectivity index (χ2v) is 4.62. The van der Waals surface area contributed by atoms with Crippen LogP contribution in [0.4, 0.5) is 0 Å². The summed E-state index contributed by atoms with van der Waals surface area (Å²) in [4.78, 5) is 0. The van der Waals surface area contributed by atoms with Crippen LogP contribution in [0, 0.1) is 5.92 Å². The molecule has 1 N–H and O–H groups in total. The van der Waals surface area contributed by atoms with Crippen LogP contribution in [0.5, 0.6) is 0 Å². The first kappa shape index (κ1) is 10.7. The summed E-state index contributed by atoms with van der Waals surface area (Å²) < 4.78 is 5.11. The Bertz CT molecular complexity index is 264. The molecular weight excluding hydrogens is 186 g/mol. The number of furan rings is 1. The third-order valence-corrected chi connectivity index (χ3v) is 3.40. The van der Waals surface area contributed by atoms with Crippen molar-refractivity contribution in [1.82, 2.24) is 5.32 Å². The molecule has 84 valence electrons. The van der Waals surface area contributed by atoms with E-state index < -0.39 is 0 Å². The van der Waals surface area contributed by atoms with E-state index in [4.69, 9.17) is 4.42 Å². The minimum Gasteiger partial charge on any atom is -0.472 e. The molecule has 1 aliphatic carbocycles. The first-order chi connectivity index (χ1) is 7.38. The SMILES string of the molecule is CCNC(Cc1ccoc1)CC1CCC1. The Kier molecular flexibility index (Phi) is 3.84. The first-order valence-corrected chi connectivity index (χ1v) is 6.13. The maximum atomic E-state index is 5.11. The molecule has 0 amide bonds. The lowest BCUT2D eigenvalue weighted by Crippen LogP contribution is -2.34. The highest BCUT2D eigenvalue weighted by atomic mass is 16.3. The lowest BCUT2D eigenvalue weighted by molar-refractivity contribution is 0.260. The van der Waals surface area contributed by atoms with E-state index >= 15 is 0 Å². The fraction of sp³-hybridized carbons (Fsp3) is 0.692. The maximum Gasteiger partial charge on any atom is 0.0935 e. The molecule has 1 fully saturated rings. The van der Waals surface area contributed by atoms with Gasteiger partial charge in [-0.3, -0.25) is 0 Å². The minimum atomic E-state index is 0.637. The number of rotatable bonds is 6. The van der Waals surface area contributed by atoms with Crippen LogP contribution in [0.3, 0.4) is 0 Å². The van der Waals surface area contributed by atoms with Crippen LogP contribution in [0.2, 0.25) is 0 Å². The molecule has 0 aliphatic heterocycles. The van der Waals surface area contributed by atoms with Gasteiger partial charge in [0.15, 0.2) is 0 Å². The fourth-order valence-electron chi connectivity index (χ4n) is 2.35. The van der Waals surface area contributed by atoms with Crippen LogP contribution in [-0.4, -0.2) is 12.6 Å². The zero-order valence-electron chi connectivity index (χ0n) is 9.54. The molecule has 0 spiro atoms. The van der Waals surface area contributed by atoms with E-state index in [0.717, 1.165) is 18.9 Å². The van der Waals surface area contributed by atoms with Gasteiger partial charge in [-0.1, -0.05) is 26.2 Å². The molecule has 1 saturated carbocycles. The van der Waals surface area contributed by atoms with Gasteiger partial charge in [-0.25, -0.2) is 0 Å². The van der Waals surface area contributed by atoms with E-state index in [-0.39, 0.29) is 0 Å². The van der Waals surface area contributed by atoms with E-state index in [2.05, 4.69) is 18.3 Å². The Hall–Kier alpha value is -0.760. The van der Waals surface area contributed by atoms with Crippen LogP contribution >= 0.6 is 0 Å². The van der Waals surface area contributed by atoms with Gasteiger partial charge in [-0.15, -0.1) is 0 Å². The lowest BCUT2D eigenvalue weighted by atomic mass is 9.80. The second-order valence-electron chi connectivity index (χ2n) is 4.62. The summed E-state index contributed by atoms with van der Waals surface area (Å²) in [5.41, 5.74) is 1.32. The molecule has 1 heterocycles. The molecule has 0 aromatic carbocycles. The molecule has 15 heavy (non-hydrogen) atoms. The molecule has 2 heteroatoms. The second kappa shape index (κ2) is 5.36. The van der Waals surface area contributed by atoms with Gasteiger partial charge in [0.2, 0.25) is 0 Å². The average Bonchev–Trinajstić information content (AvgIpc) is 2.64. The largest absolute Gasteiger partial charge is 0.472 e. The van der Waals surface area contributed by atoms with Gasteiger partial charge in [0.25, 0.3) is 0 Å². The fourth-order valence-corrected chi connectivity index (χ4v) is 2.35. The van der Waals surface area contributed by atoms with Gasteiger partial charge >= 0.3 is 0 Å². The normalized spacial score (nSPS) is 18.7. The van der Waals surface area contributed by atoms with E-state index in [1.165, 1.54) is 31.2 Å². The van der Waals surface area contributed by atoms with Gasteiger partial charge in [0.1, 0.15) is 0 Å². The van der Waals surface area contributed by atoms with E-state index in [9.17, 15) is 0 Å². The van der Waals surface area contributed by atoms with E-state index in [1.54, 1.807) is 6.26 Å². The first-order valence-electron chi connectivity index (χ1n) is 6.13. The Morgan fingerprint density at radius 1 is 1.53 bits per heavy atom. The zero-order valence-corrected chi connectivity index (χ0v) is 9.54. The summed E-state index contributed by atoms with van der Waals surface area (Å²) in [6.07, 6.45) is 10.4. The van der Waals surface area contributed by atoms with Gasteiger partial charge < -0.3 is 9.73 Å². The third kappa shape index (κ3) is 3.10. The lowest BCUT2D eigenvalue weighted by Gasteiger charge is -2.30. The molecule has 1 atom stereocenters. The van der Waals surface area contributed by atoms with Crippen LogP contribution in [0.1, 0.15) is 38.2 Å². The summed E-state index contributed by atoms with van der Waals surface area (Å²) in [6.45, 7) is 3.25. The molecule has 0 saturated heterocycles. The van der Waals surface area contributed by atoms with Gasteiger partial charge in [-0.05, 0) is 36.9 Å². The molecule has 1 unspecified atom stereocenters. The predicted molar refractivity (Wildman–Crippen MR) is 61.8 cm³/mol. The van der Waals surface area contributed by atoms with Crippen molar-refractivity contribution < 1.29 is 4.42 Å². The Morgan fingerprint density at radius 3 is 2.93 bits per heavy atom. The van der Waals surface area contributed by atoms with Gasteiger partial charge in [-0.2, -0.15) is 0 Å². The topological polar surface area (TPSA) is 25.2 Å². The van der Waals surface area contributed by atoms with Crippen LogP contribution < -0.4 is 5.32 Å². The van der Waals surface area contributed by atoms with Crippen molar-refractivity contribution in [3.05, 3.63) is 24.2 Å². The standard InChI is InChI=1S/C13H21NO/c1-2-14-13(8-11-4-3-5-11)9-12-6-7-15-10-12/h6-7,10-11,13-14H,2-5,8-9H2,1H3. The summed E-state index contributed by atoms with van der Waals surface area (Å²) >= 11 is 0. The quantitative estimate of drug-likeness (QED) is 0.775. The van der Waals surface area contributed by atoms with E-state index in [1.807, 2.05) is 6.26 Å². The highest BCUT2D eigenvalue weighted by Gasteiger charge is 2.21. The molecule has 1 aromatic rings. The average molecular weight is 207 g/mol. The summed E-state index contributed by atoms with van der Waals surface area (Å²) in [5.74, 6) is 0.973. The smallest absolute Gasteiger partial charge is 0.0935 e. The maximum absolute atomic E-state index is 5.11. The van der Waals surface area contributed by atoms with Crippen LogP contribution in [-0.2, 0) is 6.42 Å². The Balaban J connectivity index is 1.81. The van der Waals surface area contributed by atoms with Crippen molar-refractivity contribution in [2.24, 2.45) is 5.92 Å². The highest BCUT2D eigenvalue weighted by Crippen LogP contribution is 2.31. The summed E-state index contributed by atoms with van der Waals surface area (Å²) in [5, 5.41) is 3.58. The monoisotopic (exact) mass is 207 g/mol. The van der Waals surface area contributed by atoms with Crippen LogP contribution in [0.25, 0.3) is 0 Å². The number of nitrogens with one attached hydrogen (secondary N) is 1. The minimum absolute atomic E-state index is 0.637. The number of likely N-dealkylation sites (N-methyl/N-ethyl adjacent to an activating group) is 1. The van der Waals surface area contributed by atoms with Crippen molar-refractivity contribution in [2.75, 3.05) is 6.54 Å². The molecular formula is C13H21NO. The van der Waals surface area contributed by atoms with Crippen molar-refractivity contribution in [2.45, 2.75) is 45.1 Å². The molecule has 1 aliphatic rings. The number of hydrogen-bond acceptors (Lipinski definition) is 2. The number of hydrogen-bond donors (Lipinski definition) is 1. The van der Waals surface area contributed by atoms with Crippen LogP contribution in [0.15, 0.2) is 23.0 Å². The third-order valence-electron chi connectivity index (χ3n) is 3.40. The molecule has 0 bridgehead atoms.